The Kier molecular flexibility index (Phi) is 10.0. The van der Waals surface area contributed by atoms with Crippen LogP contribution in [-0.2, 0) is 12.8 Å². The molecule has 0 saturated carbocycles. The number of rotatable bonds is 11. The van der Waals surface area contributed by atoms with Crippen LogP contribution in [0.2, 0.25) is 0 Å². The molecule has 1 atom stereocenters. The van der Waals surface area contributed by atoms with Crippen LogP contribution < -0.4 is 10.6 Å². The molecule has 0 bridgehead atoms. The summed E-state index contributed by atoms with van der Waals surface area (Å²) in [5, 5.41) is 0. The average Bonchev–Trinajstić information content (AvgIpc) is 2.79. The minimum absolute atomic E-state index is 0.298. The number of likely N-dealkylation sites (tertiary alicyclic amines) is 1. The van der Waals surface area contributed by atoms with Gasteiger partial charge in [0.15, 0.2) is 0 Å². The Balaban J connectivity index is 1.59. The minimum atomic E-state index is 0.298. The summed E-state index contributed by atoms with van der Waals surface area (Å²) in [5.74, 6) is 0.674. The largest absolute Gasteiger partial charge is 0.365 e. The molecule has 1 saturated heterocycles. The molecule has 0 amide bonds. The van der Waals surface area contributed by atoms with Crippen LogP contribution in [-0.4, -0.2) is 43.2 Å². The molecule has 1 fully saturated rings. The Morgan fingerprint density at radius 1 is 0.970 bits per heavy atom. The fourth-order valence-electron chi connectivity index (χ4n) is 4.96. The second-order valence-corrected chi connectivity index (χ2v) is 10.5. The molecule has 33 heavy (non-hydrogen) atoms. The minimum Gasteiger partial charge on any atom is -0.365 e. The van der Waals surface area contributed by atoms with Crippen molar-refractivity contribution in [3.63, 3.8) is 0 Å². The summed E-state index contributed by atoms with van der Waals surface area (Å²) in [6, 6.07) is 21.0. The monoisotopic (exact) mass is 447 g/mol. The number of aryl methyl sites for hydroxylation is 2. The van der Waals surface area contributed by atoms with E-state index in [1.54, 1.807) is 0 Å². The first-order chi connectivity index (χ1) is 15.9. The predicted octanol–water partition coefficient (Wildman–Crippen LogP) is 6.08. The van der Waals surface area contributed by atoms with Gasteiger partial charge in [0.2, 0.25) is 0 Å². The first-order valence-electron chi connectivity index (χ1n) is 12.9. The third kappa shape index (κ3) is 8.64. The van der Waals surface area contributed by atoms with Gasteiger partial charge in [0, 0.05) is 44.0 Å². The Morgan fingerprint density at radius 3 is 2.15 bits per heavy atom. The van der Waals surface area contributed by atoms with Gasteiger partial charge in [-0.05, 0) is 75.1 Å². The van der Waals surface area contributed by atoms with Crippen LogP contribution in [0, 0.1) is 5.92 Å². The zero-order valence-corrected chi connectivity index (χ0v) is 21.3. The van der Waals surface area contributed by atoms with Gasteiger partial charge in [-0.2, -0.15) is 0 Å². The zero-order valence-electron chi connectivity index (χ0n) is 21.3. The summed E-state index contributed by atoms with van der Waals surface area (Å²) in [7, 11) is 0. The molecule has 0 spiro atoms. The van der Waals surface area contributed by atoms with Crippen LogP contribution in [0.3, 0.4) is 0 Å². The molecule has 1 aliphatic rings. The zero-order chi connectivity index (χ0) is 23.6. The number of nitrogens with zero attached hydrogens (tertiary/aromatic N) is 2. The molecular formula is C30H45N3. The van der Waals surface area contributed by atoms with Crippen LogP contribution in [0.5, 0.6) is 0 Å². The third-order valence-electron chi connectivity index (χ3n) is 6.77. The van der Waals surface area contributed by atoms with E-state index in [2.05, 4.69) is 98.2 Å². The standard InChI is InChI=1S/C30H45N3/c1-24(2)16-21-33(30-17-19-32(20-18-30)23-28(31)22-25(3)4)29-14-12-27(13-15-29)11-10-26-8-6-5-7-9-26/h5-9,12-16,25,28,30H,10-11,17-23,31H2,1-4H3/t28-/m0/s1. The summed E-state index contributed by atoms with van der Waals surface area (Å²) in [6.07, 6.45) is 8.09. The van der Waals surface area contributed by atoms with Gasteiger partial charge in [0.1, 0.15) is 0 Å². The molecule has 2 aromatic carbocycles. The van der Waals surface area contributed by atoms with Crippen molar-refractivity contribution in [2.24, 2.45) is 11.7 Å². The SMILES string of the molecule is CC(C)=CCN(c1ccc(CCc2ccccc2)cc1)C1CCN(C[C@@H](N)CC(C)C)CC1. The molecule has 1 heterocycles. The van der Waals surface area contributed by atoms with Crippen molar-refractivity contribution in [2.45, 2.75) is 71.9 Å². The average molecular weight is 448 g/mol. The van der Waals surface area contributed by atoms with Crippen LogP contribution in [0.1, 0.15) is 58.1 Å². The topological polar surface area (TPSA) is 32.5 Å². The lowest BCUT2D eigenvalue weighted by Gasteiger charge is -2.40. The van der Waals surface area contributed by atoms with Gasteiger partial charge in [0.25, 0.3) is 0 Å². The van der Waals surface area contributed by atoms with Gasteiger partial charge in [-0.1, -0.05) is 68.0 Å². The molecule has 0 aliphatic carbocycles. The quantitative estimate of drug-likeness (QED) is 0.424. The maximum atomic E-state index is 6.39. The van der Waals surface area contributed by atoms with Gasteiger partial charge in [-0.3, -0.25) is 0 Å². The first-order valence-corrected chi connectivity index (χ1v) is 12.9. The maximum Gasteiger partial charge on any atom is 0.0371 e. The van der Waals surface area contributed by atoms with Crippen molar-refractivity contribution in [3.8, 4) is 0 Å². The Labute approximate surface area is 202 Å². The van der Waals surface area contributed by atoms with Crippen molar-refractivity contribution in [1.29, 1.82) is 0 Å². The number of hydrogen-bond acceptors (Lipinski definition) is 3. The summed E-state index contributed by atoms with van der Waals surface area (Å²) in [6.45, 7) is 13.2. The molecule has 0 radical (unpaired) electrons. The van der Waals surface area contributed by atoms with Crippen LogP contribution >= 0.6 is 0 Å². The second-order valence-electron chi connectivity index (χ2n) is 10.5. The normalized spacial score (nSPS) is 16.1. The molecule has 3 heteroatoms. The van der Waals surface area contributed by atoms with Crippen LogP contribution in [0.4, 0.5) is 5.69 Å². The Hall–Kier alpha value is -2.10. The summed E-state index contributed by atoms with van der Waals surface area (Å²) in [5.41, 5.74) is 12.0. The van der Waals surface area contributed by atoms with Crippen molar-refractivity contribution in [2.75, 3.05) is 31.1 Å². The van der Waals surface area contributed by atoms with Crippen molar-refractivity contribution >= 4 is 5.69 Å². The van der Waals surface area contributed by atoms with E-state index in [1.165, 1.54) is 35.2 Å². The maximum absolute atomic E-state index is 6.39. The number of piperidine rings is 1. The van der Waals surface area contributed by atoms with E-state index >= 15 is 0 Å². The number of allylic oxidation sites excluding steroid dienone is 1. The van der Waals surface area contributed by atoms with E-state index < -0.39 is 0 Å². The van der Waals surface area contributed by atoms with Crippen LogP contribution in [0.15, 0.2) is 66.2 Å². The highest BCUT2D eigenvalue weighted by Gasteiger charge is 2.25. The highest BCUT2D eigenvalue weighted by atomic mass is 15.2. The summed E-state index contributed by atoms with van der Waals surface area (Å²) >= 11 is 0. The van der Waals surface area contributed by atoms with Gasteiger partial charge >= 0.3 is 0 Å². The van der Waals surface area contributed by atoms with Crippen molar-refractivity contribution in [1.82, 2.24) is 4.90 Å². The summed E-state index contributed by atoms with van der Waals surface area (Å²) < 4.78 is 0. The first kappa shape index (κ1) is 25.5. The van der Waals surface area contributed by atoms with E-state index in [1.807, 2.05) is 0 Å². The van der Waals surface area contributed by atoms with E-state index in [4.69, 9.17) is 5.73 Å². The van der Waals surface area contributed by atoms with Gasteiger partial charge in [0.05, 0.1) is 0 Å². The molecule has 3 rings (SSSR count). The van der Waals surface area contributed by atoms with E-state index in [9.17, 15) is 0 Å². The lowest BCUT2D eigenvalue weighted by atomic mass is 9.99. The van der Waals surface area contributed by atoms with E-state index in [-0.39, 0.29) is 0 Å². The van der Waals surface area contributed by atoms with Crippen molar-refractivity contribution in [3.05, 3.63) is 77.4 Å². The molecule has 0 aromatic heterocycles. The number of anilines is 1. The Morgan fingerprint density at radius 2 is 1.58 bits per heavy atom. The Bertz CT molecular complexity index is 829. The highest BCUT2D eigenvalue weighted by Crippen LogP contribution is 2.25. The van der Waals surface area contributed by atoms with E-state index in [0.29, 0.717) is 18.0 Å². The lowest BCUT2D eigenvalue weighted by Crippen LogP contribution is -2.48. The number of benzene rings is 2. The molecule has 1 aliphatic heterocycles. The molecule has 2 N–H and O–H groups in total. The van der Waals surface area contributed by atoms with Crippen LogP contribution in [0.25, 0.3) is 0 Å². The smallest absolute Gasteiger partial charge is 0.0371 e. The second kappa shape index (κ2) is 13.0. The third-order valence-corrected chi connectivity index (χ3v) is 6.77. The number of nitrogens with two attached hydrogens (primary N) is 1. The molecule has 0 unspecified atom stereocenters. The molecular weight excluding hydrogens is 402 g/mol. The molecule has 3 nitrogen and oxygen atoms in total. The predicted molar refractivity (Wildman–Crippen MR) is 144 cm³/mol. The van der Waals surface area contributed by atoms with Gasteiger partial charge in [-0.15, -0.1) is 0 Å². The fourth-order valence-corrected chi connectivity index (χ4v) is 4.96. The summed E-state index contributed by atoms with van der Waals surface area (Å²) in [4.78, 5) is 5.20. The van der Waals surface area contributed by atoms with Gasteiger partial charge < -0.3 is 15.5 Å². The molecule has 180 valence electrons. The van der Waals surface area contributed by atoms with E-state index in [0.717, 1.165) is 45.4 Å². The molecule has 2 aromatic rings. The highest BCUT2D eigenvalue weighted by molar-refractivity contribution is 5.49. The van der Waals surface area contributed by atoms with Gasteiger partial charge in [-0.25, -0.2) is 0 Å². The fraction of sp³-hybridized carbons (Fsp3) is 0.533. The number of hydrogen-bond donors (Lipinski definition) is 1. The lowest BCUT2D eigenvalue weighted by molar-refractivity contribution is 0.193. The van der Waals surface area contributed by atoms with Crippen molar-refractivity contribution < 1.29 is 0 Å².